The van der Waals surface area contributed by atoms with E-state index in [4.69, 9.17) is 34.4 Å². The SMILES string of the molecule is Nc1ccc2c(c1)-c1cc(N)ccc1C2=O.Nc1ccc2c(c1)C(=O)c1cc(N)ccc1-2.Nc1ccc2cc3ccc(N)cc3nc2c1. The summed E-state index contributed by atoms with van der Waals surface area (Å²) in [7, 11) is 0. The van der Waals surface area contributed by atoms with Gasteiger partial charge in [-0.1, -0.05) is 24.3 Å². The first kappa shape index (κ1) is 29.8. The van der Waals surface area contributed by atoms with Crippen LogP contribution in [0.4, 0.5) is 34.1 Å². The van der Waals surface area contributed by atoms with Gasteiger partial charge >= 0.3 is 0 Å². The number of hydrogen-bond donors (Lipinski definition) is 6. The molecule has 2 aliphatic rings. The summed E-state index contributed by atoms with van der Waals surface area (Å²) in [4.78, 5) is 28.6. The van der Waals surface area contributed by atoms with Gasteiger partial charge in [-0.3, -0.25) is 9.59 Å². The molecule has 0 unspecified atom stereocenters. The first-order chi connectivity index (χ1) is 23.0. The molecule has 7 aromatic rings. The molecule has 0 saturated carbocycles. The second kappa shape index (κ2) is 11.5. The number of carbonyl (C=O) groups excluding carboxylic acids is 2. The van der Waals surface area contributed by atoms with Crippen LogP contribution in [-0.4, -0.2) is 16.6 Å². The summed E-state index contributed by atoms with van der Waals surface area (Å²) < 4.78 is 0. The molecule has 0 atom stereocenters. The van der Waals surface area contributed by atoms with Crippen LogP contribution < -0.4 is 34.4 Å². The first-order valence-electron chi connectivity index (χ1n) is 15.1. The Labute approximate surface area is 275 Å². The van der Waals surface area contributed by atoms with E-state index in [0.717, 1.165) is 55.4 Å². The van der Waals surface area contributed by atoms with Crippen molar-refractivity contribution in [1.29, 1.82) is 0 Å². The highest BCUT2D eigenvalue weighted by molar-refractivity contribution is 6.23. The Bertz CT molecular complexity index is 2310. The topological polar surface area (TPSA) is 203 Å². The van der Waals surface area contributed by atoms with Crippen molar-refractivity contribution in [3.8, 4) is 22.3 Å². The summed E-state index contributed by atoms with van der Waals surface area (Å²) in [6.07, 6.45) is 0. The molecule has 0 spiro atoms. The Balaban J connectivity index is 0.000000114. The molecule has 12 N–H and O–H groups in total. The highest BCUT2D eigenvalue weighted by Crippen LogP contribution is 2.39. The molecular weight excluding hydrogens is 598 g/mol. The Kier molecular flexibility index (Phi) is 7.14. The monoisotopic (exact) mass is 629 g/mol. The number of aromatic nitrogens is 1. The fraction of sp³-hybridized carbons (Fsp3) is 0. The smallest absolute Gasteiger partial charge is 0.194 e. The zero-order valence-electron chi connectivity index (χ0n) is 25.7. The Morgan fingerprint density at radius 3 is 1.04 bits per heavy atom. The van der Waals surface area contributed by atoms with E-state index in [9.17, 15) is 9.59 Å². The number of nitrogen functional groups attached to an aromatic ring is 6. The van der Waals surface area contributed by atoms with E-state index < -0.39 is 0 Å². The van der Waals surface area contributed by atoms with Crippen LogP contribution in [0.5, 0.6) is 0 Å². The van der Waals surface area contributed by atoms with Crippen LogP contribution in [0.2, 0.25) is 0 Å². The van der Waals surface area contributed by atoms with Gasteiger partial charge in [0.25, 0.3) is 0 Å². The summed E-state index contributed by atoms with van der Waals surface area (Å²) in [5, 5.41) is 2.18. The van der Waals surface area contributed by atoms with Gasteiger partial charge in [0.1, 0.15) is 0 Å². The number of fused-ring (bicyclic) bond motifs is 8. The number of anilines is 6. The van der Waals surface area contributed by atoms with E-state index in [1.54, 1.807) is 48.5 Å². The van der Waals surface area contributed by atoms with Crippen LogP contribution in [0.1, 0.15) is 31.8 Å². The Hall–Kier alpha value is -6.87. The van der Waals surface area contributed by atoms with Crippen LogP contribution in [0.3, 0.4) is 0 Å². The number of ketones is 2. The van der Waals surface area contributed by atoms with E-state index in [1.165, 1.54) is 0 Å². The largest absolute Gasteiger partial charge is 0.399 e. The summed E-state index contributed by atoms with van der Waals surface area (Å²) >= 11 is 0. The second-order valence-corrected chi connectivity index (χ2v) is 11.8. The lowest BCUT2D eigenvalue weighted by molar-refractivity contribution is 0.103. The normalized spacial score (nSPS) is 11.9. The van der Waals surface area contributed by atoms with Crippen LogP contribution in [0, 0.1) is 0 Å². The molecule has 0 amide bonds. The van der Waals surface area contributed by atoms with Crippen LogP contribution in [0.15, 0.2) is 115 Å². The lowest BCUT2D eigenvalue weighted by atomic mass is 10.0. The predicted molar refractivity (Wildman–Crippen MR) is 196 cm³/mol. The van der Waals surface area contributed by atoms with Crippen molar-refractivity contribution in [3.05, 3.63) is 138 Å². The highest BCUT2D eigenvalue weighted by atomic mass is 16.1. The van der Waals surface area contributed by atoms with Gasteiger partial charge in [-0.2, -0.15) is 0 Å². The fourth-order valence-corrected chi connectivity index (χ4v) is 6.08. The molecule has 48 heavy (non-hydrogen) atoms. The first-order valence-corrected chi connectivity index (χ1v) is 15.1. The number of pyridine rings is 1. The number of benzene rings is 6. The molecule has 0 bridgehead atoms. The van der Waals surface area contributed by atoms with Gasteiger partial charge in [-0.25, -0.2) is 4.98 Å². The zero-order valence-corrected chi connectivity index (χ0v) is 25.7. The third kappa shape index (κ3) is 5.35. The van der Waals surface area contributed by atoms with Crippen molar-refractivity contribution in [3.63, 3.8) is 0 Å². The standard InChI is InChI=1S/C13H11N3.2C13H10N2O/c14-10-3-1-8-5-9-2-4-11(15)7-13(9)16-12(8)6-10;14-7-1-3-9-11(5-7)12-6-8(15)2-4-10(12)13(9)16;14-7-1-3-9-10-4-2-8(15)6-12(10)13(16)11(9)5-7/h1-7H,14-15H2;2*1-6H,14-15H2. The molecule has 9 heteroatoms. The number of hydrogen-bond acceptors (Lipinski definition) is 9. The molecule has 0 aliphatic heterocycles. The van der Waals surface area contributed by atoms with E-state index in [0.29, 0.717) is 45.0 Å². The van der Waals surface area contributed by atoms with E-state index in [-0.39, 0.29) is 11.6 Å². The minimum atomic E-state index is 0.00426. The lowest BCUT2D eigenvalue weighted by Crippen LogP contribution is -1.97. The van der Waals surface area contributed by atoms with E-state index >= 15 is 0 Å². The van der Waals surface area contributed by atoms with Gasteiger partial charge < -0.3 is 34.4 Å². The third-order valence-corrected chi connectivity index (χ3v) is 8.39. The lowest BCUT2D eigenvalue weighted by Gasteiger charge is -2.03. The van der Waals surface area contributed by atoms with E-state index in [2.05, 4.69) is 11.1 Å². The quantitative estimate of drug-likeness (QED) is 0.0781. The minimum absolute atomic E-state index is 0.00426. The Morgan fingerprint density at radius 2 is 0.625 bits per heavy atom. The average Bonchev–Trinajstić information content (AvgIpc) is 3.49. The van der Waals surface area contributed by atoms with Crippen molar-refractivity contribution in [1.82, 2.24) is 4.98 Å². The highest BCUT2D eigenvalue weighted by Gasteiger charge is 2.27. The average molecular weight is 630 g/mol. The molecule has 0 fully saturated rings. The Morgan fingerprint density at radius 1 is 0.312 bits per heavy atom. The van der Waals surface area contributed by atoms with Crippen molar-refractivity contribution in [2.45, 2.75) is 0 Å². The van der Waals surface area contributed by atoms with Crippen molar-refractivity contribution < 1.29 is 9.59 Å². The number of carbonyl (C=O) groups is 2. The molecule has 2 aliphatic carbocycles. The van der Waals surface area contributed by atoms with Crippen LogP contribution >= 0.6 is 0 Å². The summed E-state index contributed by atoms with van der Waals surface area (Å²) in [6.45, 7) is 0. The van der Waals surface area contributed by atoms with Crippen molar-refractivity contribution in [2.75, 3.05) is 34.4 Å². The van der Waals surface area contributed by atoms with Crippen molar-refractivity contribution >= 4 is 67.5 Å². The number of nitrogens with zero attached hydrogens (tertiary/aromatic N) is 1. The van der Waals surface area contributed by atoms with Crippen molar-refractivity contribution in [2.24, 2.45) is 0 Å². The maximum Gasteiger partial charge on any atom is 0.194 e. The molecule has 9 nitrogen and oxygen atoms in total. The number of nitrogens with two attached hydrogens (primary N) is 6. The van der Waals surface area contributed by atoms with Gasteiger partial charge in [-0.05, 0) is 113 Å². The molecule has 9 rings (SSSR count). The molecule has 0 radical (unpaired) electrons. The number of rotatable bonds is 0. The maximum absolute atomic E-state index is 12.1. The molecule has 234 valence electrons. The predicted octanol–water partition coefficient (Wildman–Crippen LogP) is 6.68. The molecule has 0 saturated heterocycles. The minimum Gasteiger partial charge on any atom is -0.399 e. The third-order valence-electron chi connectivity index (χ3n) is 8.39. The molecular formula is C39H31N7O2. The van der Waals surface area contributed by atoms with Gasteiger partial charge in [-0.15, -0.1) is 0 Å². The van der Waals surface area contributed by atoms with Gasteiger partial charge in [0.2, 0.25) is 0 Å². The van der Waals surface area contributed by atoms with Gasteiger partial charge in [0, 0.05) is 67.2 Å². The second-order valence-electron chi connectivity index (χ2n) is 11.8. The van der Waals surface area contributed by atoms with Crippen LogP contribution in [0.25, 0.3) is 44.1 Å². The van der Waals surface area contributed by atoms with Gasteiger partial charge in [0.15, 0.2) is 11.6 Å². The molecule has 1 heterocycles. The summed E-state index contributed by atoms with van der Waals surface area (Å²) in [5.41, 5.74) is 46.4. The molecule has 6 aromatic carbocycles. The summed E-state index contributed by atoms with van der Waals surface area (Å²) in [5.74, 6) is 0.0506. The van der Waals surface area contributed by atoms with E-state index in [1.807, 2.05) is 60.7 Å². The maximum atomic E-state index is 12.1. The molecule has 1 aromatic heterocycles. The van der Waals surface area contributed by atoms with Crippen LogP contribution in [-0.2, 0) is 0 Å². The fourth-order valence-electron chi connectivity index (χ4n) is 6.08. The van der Waals surface area contributed by atoms with Gasteiger partial charge in [0.05, 0.1) is 11.0 Å². The summed E-state index contributed by atoms with van der Waals surface area (Å²) in [6, 6.07) is 35.0. The zero-order chi connectivity index (χ0) is 33.7.